The van der Waals surface area contributed by atoms with Gasteiger partial charge in [-0.3, -0.25) is 0 Å². The summed E-state index contributed by atoms with van der Waals surface area (Å²) >= 11 is 0. The number of nitrogens with zero attached hydrogens (tertiary/aromatic N) is 1. The van der Waals surface area contributed by atoms with Gasteiger partial charge >= 0.3 is 0 Å². The Kier molecular flexibility index (Phi) is 1.29. The third-order valence-corrected chi connectivity index (χ3v) is 2.81. The molecule has 58 valence electrons. The maximum atomic E-state index is 3.51. The lowest BCUT2D eigenvalue weighted by molar-refractivity contribution is 0.105. The quantitative estimate of drug-likeness (QED) is 0.593. The number of hydrogen-bond donors (Lipinski definition) is 1. The van der Waals surface area contributed by atoms with E-state index in [1.807, 2.05) is 0 Å². The molecule has 0 amide bonds. The molecule has 1 unspecified atom stereocenters. The van der Waals surface area contributed by atoms with E-state index in [-0.39, 0.29) is 0 Å². The largest absolute Gasteiger partial charge is 0.314 e. The van der Waals surface area contributed by atoms with Crippen LogP contribution in [-0.4, -0.2) is 37.6 Å². The van der Waals surface area contributed by atoms with Crippen LogP contribution in [0, 0.1) is 5.41 Å². The van der Waals surface area contributed by atoms with Crippen molar-refractivity contribution in [2.45, 2.75) is 19.4 Å². The van der Waals surface area contributed by atoms with E-state index in [1.165, 1.54) is 19.5 Å². The molecule has 1 heterocycles. The molecule has 1 spiro atoms. The van der Waals surface area contributed by atoms with Gasteiger partial charge in [0.1, 0.15) is 0 Å². The minimum absolute atomic E-state index is 0.727. The molecule has 1 aliphatic carbocycles. The Bertz CT molecular complexity index is 138. The molecule has 1 N–H and O–H groups in total. The van der Waals surface area contributed by atoms with E-state index in [1.54, 1.807) is 0 Å². The van der Waals surface area contributed by atoms with Crippen molar-refractivity contribution in [2.75, 3.05) is 26.7 Å². The summed E-state index contributed by atoms with van der Waals surface area (Å²) in [6.07, 6.45) is 1.42. The van der Waals surface area contributed by atoms with Gasteiger partial charge in [-0.05, 0) is 20.0 Å². The summed E-state index contributed by atoms with van der Waals surface area (Å²) < 4.78 is 0. The maximum absolute atomic E-state index is 3.51. The van der Waals surface area contributed by atoms with E-state index in [0.717, 1.165) is 18.0 Å². The molecular weight excluding hydrogens is 124 g/mol. The molecule has 0 aromatic heterocycles. The Morgan fingerprint density at radius 1 is 1.60 bits per heavy atom. The first-order valence-corrected chi connectivity index (χ1v) is 4.19. The van der Waals surface area contributed by atoms with E-state index >= 15 is 0 Å². The lowest BCUT2D eigenvalue weighted by Crippen LogP contribution is -2.49. The molecule has 1 saturated heterocycles. The van der Waals surface area contributed by atoms with Crippen molar-refractivity contribution < 1.29 is 0 Å². The minimum atomic E-state index is 0.727. The highest BCUT2D eigenvalue weighted by atomic mass is 15.2. The topological polar surface area (TPSA) is 15.3 Å². The Morgan fingerprint density at radius 2 is 2.30 bits per heavy atom. The van der Waals surface area contributed by atoms with Crippen LogP contribution < -0.4 is 5.32 Å². The van der Waals surface area contributed by atoms with E-state index in [2.05, 4.69) is 24.2 Å². The van der Waals surface area contributed by atoms with E-state index < -0.39 is 0 Å². The van der Waals surface area contributed by atoms with Crippen LogP contribution in [0.15, 0.2) is 0 Å². The van der Waals surface area contributed by atoms with Crippen molar-refractivity contribution >= 4 is 0 Å². The van der Waals surface area contributed by atoms with Gasteiger partial charge in [0.15, 0.2) is 0 Å². The lowest BCUT2D eigenvalue weighted by atomic mass is 9.97. The summed E-state index contributed by atoms with van der Waals surface area (Å²) in [4.78, 5) is 2.40. The monoisotopic (exact) mass is 140 g/mol. The Hall–Kier alpha value is -0.0800. The molecule has 0 radical (unpaired) electrons. The fraction of sp³-hybridized carbons (Fsp3) is 1.00. The van der Waals surface area contributed by atoms with Crippen LogP contribution in [0.25, 0.3) is 0 Å². The minimum Gasteiger partial charge on any atom is -0.314 e. The zero-order valence-electron chi connectivity index (χ0n) is 6.85. The van der Waals surface area contributed by atoms with Crippen molar-refractivity contribution in [3.05, 3.63) is 0 Å². The Morgan fingerprint density at radius 3 is 2.80 bits per heavy atom. The van der Waals surface area contributed by atoms with E-state index in [4.69, 9.17) is 0 Å². The van der Waals surface area contributed by atoms with Gasteiger partial charge in [0, 0.05) is 24.5 Å². The molecule has 2 heteroatoms. The highest BCUT2D eigenvalue weighted by Gasteiger charge is 2.59. The second kappa shape index (κ2) is 1.95. The van der Waals surface area contributed by atoms with Crippen molar-refractivity contribution in [2.24, 2.45) is 5.41 Å². The fourth-order valence-corrected chi connectivity index (χ4v) is 2.26. The standard InChI is InChI=1S/C8H16N2/c1-3-9-7-4-8(7)5-10(2)6-8/h7,9H,3-6H2,1-2H3. The Balaban J connectivity index is 1.79. The zero-order valence-corrected chi connectivity index (χ0v) is 6.85. The van der Waals surface area contributed by atoms with Crippen LogP contribution in [0.5, 0.6) is 0 Å². The molecule has 0 aromatic carbocycles. The van der Waals surface area contributed by atoms with Crippen LogP contribution in [0.2, 0.25) is 0 Å². The van der Waals surface area contributed by atoms with Crippen molar-refractivity contribution in [3.8, 4) is 0 Å². The molecule has 10 heavy (non-hydrogen) atoms. The summed E-state index contributed by atoms with van der Waals surface area (Å²) in [5, 5.41) is 3.51. The third kappa shape index (κ3) is 0.789. The Labute approximate surface area is 62.6 Å². The second-order valence-corrected chi connectivity index (χ2v) is 3.85. The summed E-state index contributed by atoms with van der Waals surface area (Å²) in [5.74, 6) is 0. The molecule has 1 atom stereocenters. The fourth-order valence-electron chi connectivity index (χ4n) is 2.26. The zero-order chi connectivity index (χ0) is 7.19. The summed E-state index contributed by atoms with van der Waals surface area (Å²) in [7, 11) is 2.20. The molecule has 1 aliphatic heterocycles. The average Bonchev–Trinajstić information content (AvgIpc) is 2.43. The van der Waals surface area contributed by atoms with Gasteiger partial charge in [0.05, 0.1) is 0 Å². The van der Waals surface area contributed by atoms with Gasteiger partial charge in [0.2, 0.25) is 0 Å². The van der Waals surface area contributed by atoms with Gasteiger partial charge in [-0.25, -0.2) is 0 Å². The van der Waals surface area contributed by atoms with Crippen molar-refractivity contribution in [1.82, 2.24) is 10.2 Å². The molecule has 2 rings (SSSR count). The van der Waals surface area contributed by atoms with Gasteiger partial charge in [-0.1, -0.05) is 6.92 Å². The third-order valence-electron chi connectivity index (χ3n) is 2.81. The normalized spacial score (nSPS) is 36.0. The van der Waals surface area contributed by atoms with Gasteiger partial charge in [-0.2, -0.15) is 0 Å². The second-order valence-electron chi connectivity index (χ2n) is 3.85. The van der Waals surface area contributed by atoms with Crippen LogP contribution in [-0.2, 0) is 0 Å². The van der Waals surface area contributed by atoms with Crippen LogP contribution in [0.4, 0.5) is 0 Å². The number of rotatable bonds is 2. The first kappa shape index (κ1) is 6.62. The van der Waals surface area contributed by atoms with Gasteiger partial charge < -0.3 is 10.2 Å². The molecule has 2 fully saturated rings. The first-order chi connectivity index (χ1) is 4.77. The predicted octanol–water partition coefficient (Wildman–Crippen LogP) is 0.300. The summed E-state index contributed by atoms with van der Waals surface area (Å²) in [6, 6.07) is 0.855. The SMILES string of the molecule is CCNC1CC12CN(C)C2. The van der Waals surface area contributed by atoms with Gasteiger partial charge in [0.25, 0.3) is 0 Å². The molecule has 1 saturated carbocycles. The van der Waals surface area contributed by atoms with Crippen LogP contribution >= 0.6 is 0 Å². The number of likely N-dealkylation sites (tertiary alicyclic amines) is 1. The lowest BCUT2D eigenvalue weighted by Gasteiger charge is -2.37. The molecule has 0 bridgehead atoms. The van der Waals surface area contributed by atoms with Gasteiger partial charge in [-0.15, -0.1) is 0 Å². The van der Waals surface area contributed by atoms with Crippen LogP contribution in [0.1, 0.15) is 13.3 Å². The van der Waals surface area contributed by atoms with Crippen molar-refractivity contribution in [3.63, 3.8) is 0 Å². The summed E-state index contributed by atoms with van der Waals surface area (Å²) in [5.41, 5.74) is 0.727. The molecule has 2 aliphatic rings. The molecular formula is C8H16N2. The van der Waals surface area contributed by atoms with Crippen LogP contribution in [0.3, 0.4) is 0 Å². The smallest absolute Gasteiger partial charge is 0.0155 e. The summed E-state index contributed by atoms with van der Waals surface area (Å²) in [6.45, 7) is 5.97. The highest BCUT2D eigenvalue weighted by molar-refractivity contribution is 5.15. The highest BCUT2D eigenvalue weighted by Crippen LogP contribution is 2.52. The van der Waals surface area contributed by atoms with E-state index in [9.17, 15) is 0 Å². The molecule has 2 nitrogen and oxygen atoms in total. The van der Waals surface area contributed by atoms with E-state index in [0.29, 0.717) is 0 Å². The molecule has 0 aromatic rings. The number of nitrogens with one attached hydrogen (secondary N) is 1. The maximum Gasteiger partial charge on any atom is 0.0155 e. The predicted molar refractivity (Wildman–Crippen MR) is 42.0 cm³/mol. The average molecular weight is 140 g/mol. The van der Waals surface area contributed by atoms with Crippen molar-refractivity contribution in [1.29, 1.82) is 0 Å². The number of hydrogen-bond acceptors (Lipinski definition) is 2. The first-order valence-electron chi connectivity index (χ1n) is 4.19.